The van der Waals surface area contributed by atoms with E-state index in [-0.39, 0.29) is 16.6 Å². The Balaban J connectivity index is 2.81. The monoisotopic (exact) mass is 213 g/mol. The Morgan fingerprint density at radius 1 is 1.43 bits per heavy atom. The van der Waals surface area contributed by atoms with Gasteiger partial charge < -0.3 is 10.7 Å². The third kappa shape index (κ3) is 1.29. The van der Waals surface area contributed by atoms with Gasteiger partial charge in [-0.05, 0) is 0 Å². The van der Waals surface area contributed by atoms with Crippen molar-refractivity contribution >= 4 is 26.8 Å². The number of hydrogen-bond acceptors (Lipinski definition) is 6. The number of nitrogens with two attached hydrogens (primary N) is 1. The van der Waals surface area contributed by atoms with Crippen LogP contribution in [0.25, 0.3) is 11.2 Å². The molecule has 0 amide bonds. The molecule has 0 saturated heterocycles. The predicted octanol–water partition coefficient (Wildman–Crippen LogP) is -0.661. The largest absolute Gasteiger partial charge is 0.382 e. The van der Waals surface area contributed by atoms with Crippen LogP contribution in [0, 0.1) is 0 Å². The number of fused-ring (bicyclic) bond motifs is 1. The number of nitrogens with zero attached hydrogens (tertiary/aromatic N) is 3. The summed E-state index contributed by atoms with van der Waals surface area (Å²) < 4.78 is 22.3. The lowest BCUT2D eigenvalue weighted by atomic mass is 10.5. The molecule has 0 spiro atoms. The number of anilines is 1. The van der Waals surface area contributed by atoms with Crippen molar-refractivity contribution in [3.8, 4) is 0 Å². The fourth-order valence-electron chi connectivity index (χ4n) is 1.00. The molecule has 0 fully saturated rings. The second-order valence-electron chi connectivity index (χ2n) is 2.77. The number of H-pyrrole nitrogens is 1. The maximum Gasteiger partial charge on any atom is 0.227 e. The molecule has 2 rings (SSSR count). The van der Waals surface area contributed by atoms with Crippen LogP contribution in [0.15, 0.2) is 11.5 Å². The highest BCUT2D eigenvalue weighted by molar-refractivity contribution is 7.90. The highest BCUT2D eigenvalue weighted by Gasteiger charge is 2.14. The van der Waals surface area contributed by atoms with E-state index in [9.17, 15) is 8.42 Å². The van der Waals surface area contributed by atoms with E-state index in [0.29, 0.717) is 5.52 Å². The maximum atomic E-state index is 11.1. The van der Waals surface area contributed by atoms with Crippen LogP contribution in [-0.4, -0.2) is 34.6 Å². The molecule has 0 bridgehead atoms. The molecule has 0 aliphatic rings. The Hall–Kier alpha value is -1.70. The summed E-state index contributed by atoms with van der Waals surface area (Å²) >= 11 is 0. The number of hydrogen-bond donors (Lipinski definition) is 2. The van der Waals surface area contributed by atoms with Crippen LogP contribution in [0.3, 0.4) is 0 Å². The number of nitrogens with one attached hydrogen (secondary N) is 1. The topological polar surface area (TPSA) is 115 Å². The van der Waals surface area contributed by atoms with Gasteiger partial charge in [-0.1, -0.05) is 0 Å². The lowest BCUT2D eigenvalue weighted by molar-refractivity contribution is 0.595. The lowest BCUT2D eigenvalue weighted by Crippen LogP contribution is -1.99. The van der Waals surface area contributed by atoms with Gasteiger partial charge in [0.15, 0.2) is 11.5 Å². The first-order valence-electron chi connectivity index (χ1n) is 3.65. The number of rotatable bonds is 1. The van der Waals surface area contributed by atoms with Gasteiger partial charge in [0, 0.05) is 6.26 Å². The molecule has 14 heavy (non-hydrogen) atoms. The normalized spacial score (nSPS) is 12.1. The molecule has 0 saturated carbocycles. The Morgan fingerprint density at radius 2 is 2.14 bits per heavy atom. The predicted molar refractivity (Wildman–Crippen MR) is 49.2 cm³/mol. The Bertz CT molecular complexity index is 587. The molecule has 2 aromatic heterocycles. The van der Waals surface area contributed by atoms with Crippen molar-refractivity contribution in [1.82, 2.24) is 19.9 Å². The van der Waals surface area contributed by atoms with Crippen molar-refractivity contribution in [1.29, 1.82) is 0 Å². The zero-order valence-corrected chi connectivity index (χ0v) is 8.04. The third-order valence-electron chi connectivity index (χ3n) is 1.65. The first kappa shape index (κ1) is 8.88. The van der Waals surface area contributed by atoms with E-state index in [2.05, 4.69) is 19.9 Å². The van der Waals surface area contributed by atoms with Crippen molar-refractivity contribution in [3.05, 3.63) is 6.33 Å². The van der Waals surface area contributed by atoms with E-state index in [1.807, 2.05) is 0 Å². The summed E-state index contributed by atoms with van der Waals surface area (Å²) in [5.41, 5.74) is 6.08. The van der Waals surface area contributed by atoms with E-state index < -0.39 is 9.84 Å². The molecule has 0 aliphatic heterocycles. The Labute approximate surface area is 79.3 Å². The summed E-state index contributed by atoms with van der Waals surface area (Å²) in [5.74, 6) is 0.178. The molecular formula is C6H7N5O2S. The van der Waals surface area contributed by atoms with Gasteiger partial charge in [-0.15, -0.1) is 0 Å². The highest BCUT2D eigenvalue weighted by Crippen LogP contribution is 2.15. The van der Waals surface area contributed by atoms with Gasteiger partial charge in [0.1, 0.15) is 11.8 Å². The van der Waals surface area contributed by atoms with Crippen molar-refractivity contribution in [2.75, 3.05) is 12.0 Å². The van der Waals surface area contributed by atoms with E-state index in [1.54, 1.807) is 0 Å². The summed E-state index contributed by atoms with van der Waals surface area (Å²) in [5, 5.41) is -0.153. The second kappa shape index (κ2) is 2.64. The minimum Gasteiger partial charge on any atom is -0.382 e. The van der Waals surface area contributed by atoms with Crippen LogP contribution in [0.5, 0.6) is 0 Å². The fraction of sp³-hybridized carbons (Fsp3) is 0.167. The molecule has 7 nitrogen and oxygen atoms in total. The van der Waals surface area contributed by atoms with Gasteiger partial charge in [-0.3, -0.25) is 0 Å². The van der Waals surface area contributed by atoms with Crippen LogP contribution in [0.4, 0.5) is 5.82 Å². The number of sulfone groups is 1. The van der Waals surface area contributed by atoms with Crippen LogP contribution >= 0.6 is 0 Å². The van der Waals surface area contributed by atoms with Crippen LogP contribution in [0.2, 0.25) is 0 Å². The van der Waals surface area contributed by atoms with Crippen LogP contribution in [0.1, 0.15) is 0 Å². The fourth-order valence-corrected chi connectivity index (χ4v) is 1.54. The Kier molecular flexibility index (Phi) is 1.68. The van der Waals surface area contributed by atoms with E-state index in [4.69, 9.17) is 5.73 Å². The smallest absolute Gasteiger partial charge is 0.227 e. The maximum absolute atomic E-state index is 11.1. The molecular weight excluding hydrogens is 206 g/mol. The minimum absolute atomic E-state index is 0.153. The molecule has 8 heteroatoms. The van der Waals surface area contributed by atoms with Gasteiger partial charge >= 0.3 is 0 Å². The zero-order valence-electron chi connectivity index (χ0n) is 7.22. The second-order valence-corrected chi connectivity index (χ2v) is 4.70. The van der Waals surface area contributed by atoms with Gasteiger partial charge in [0.25, 0.3) is 0 Å². The van der Waals surface area contributed by atoms with E-state index in [1.165, 1.54) is 6.33 Å². The zero-order chi connectivity index (χ0) is 10.3. The summed E-state index contributed by atoms with van der Waals surface area (Å²) in [4.78, 5) is 13.8. The molecule has 3 N–H and O–H groups in total. The van der Waals surface area contributed by atoms with Crippen molar-refractivity contribution < 1.29 is 8.42 Å². The van der Waals surface area contributed by atoms with Crippen molar-refractivity contribution in [2.45, 2.75) is 5.16 Å². The quantitative estimate of drug-likeness (QED) is 0.649. The number of aromatic amines is 1. The molecule has 74 valence electrons. The number of imidazole rings is 1. The summed E-state index contributed by atoms with van der Waals surface area (Å²) in [6.07, 6.45) is 2.28. The van der Waals surface area contributed by atoms with Crippen LogP contribution in [-0.2, 0) is 9.84 Å². The molecule has 0 unspecified atom stereocenters. The van der Waals surface area contributed by atoms with Gasteiger partial charge in [0.05, 0.1) is 0 Å². The molecule has 0 radical (unpaired) electrons. The standard InChI is InChI=1S/C6H7N5O2S/c1-14(12,13)6-10-3-4(7)8-2-9-5(3)11-6/h2H,1H3,(H3,7,8,9,10,11). The molecule has 0 aromatic carbocycles. The third-order valence-corrected chi connectivity index (χ3v) is 2.54. The van der Waals surface area contributed by atoms with Gasteiger partial charge in [-0.25, -0.2) is 18.4 Å². The minimum atomic E-state index is -3.37. The Morgan fingerprint density at radius 3 is 2.71 bits per heavy atom. The lowest BCUT2D eigenvalue weighted by Gasteiger charge is -1.90. The van der Waals surface area contributed by atoms with Crippen molar-refractivity contribution in [2.24, 2.45) is 0 Å². The number of nitrogen functional groups attached to an aromatic ring is 1. The summed E-state index contributed by atoms with van der Waals surface area (Å²) in [6.45, 7) is 0. The average molecular weight is 213 g/mol. The molecule has 0 aliphatic carbocycles. The number of aromatic nitrogens is 4. The van der Waals surface area contributed by atoms with Crippen molar-refractivity contribution in [3.63, 3.8) is 0 Å². The molecule has 2 aromatic rings. The molecule has 2 heterocycles. The average Bonchev–Trinajstić information content (AvgIpc) is 2.48. The van der Waals surface area contributed by atoms with Crippen LogP contribution < -0.4 is 5.73 Å². The SMILES string of the molecule is CS(=O)(=O)c1nc2ncnc(N)c2[nH]1. The summed E-state index contributed by atoms with van der Waals surface area (Å²) in [6, 6.07) is 0. The van der Waals surface area contributed by atoms with E-state index in [0.717, 1.165) is 6.26 Å². The highest BCUT2D eigenvalue weighted by atomic mass is 32.2. The van der Waals surface area contributed by atoms with E-state index >= 15 is 0 Å². The van der Waals surface area contributed by atoms with Gasteiger partial charge in [0.2, 0.25) is 15.0 Å². The van der Waals surface area contributed by atoms with Gasteiger partial charge in [-0.2, -0.15) is 4.98 Å². The summed E-state index contributed by atoms with van der Waals surface area (Å²) in [7, 11) is -3.37. The first-order valence-corrected chi connectivity index (χ1v) is 5.54. The molecule has 0 atom stereocenters. The first-order chi connectivity index (χ1) is 6.48.